The number of rotatable bonds is 7. The second-order valence-corrected chi connectivity index (χ2v) is 9.36. The minimum Gasteiger partial charge on any atom is -0.348 e. The molecule has 0 aromatic heterocycles. The first-order valence-electron chi connectivity index (χ1n) is 9.88. The van der Waals surface area contributed by atoms with Crippen molar-refractivity contribution in [2.75, 3.05) is 10.8 Å². The first-order valence-corrected chi connectivity index (χ1v) is 11.3. The third kappa shape index (κ3) is 5.49. The Labute approximate surface area is 182 Å². The molecule has 3 aromatic rings. The quantitative estimate of drug-likeness (QED) is 0.588. The summed E-state index contributed by atoms with van der Waals surface area (Å²) in [5.41, 5.74) is 3.34. The molecule has 0 bridgehead atoms. The smallest absolute Gasteiger partial charge is 0.264 e. The van der Waals surface area contributed by atoms with E-state index in [1.54, 1.807) is 24.3 Å². The summed E-state index contributed by atoms with van der Waals surface area (Å²) in [5.74, 6) is -0.982. The van der Waals surface area contributed by atoms with Crippen molar-refractivity contribution in [3.05, 3.63) is 95.3 Å². The van der Waals surface area contributed by atoms with Crippen molar-refractivity contribution in [1.29, 1.82) is 0 Å². The molecule has 5 nitrogen and oxygen atoms in total. The van der Waals surface area contributed by atoms with E-state index < -0.39 is 28.3 Å². The second-order valence-electron chi connectivity index (χ2n) is 7.50. The molecule has 0 radical (unpaired) electrons. The molecule has 1 atom stereocenters. The van der Waals surface area contributed by atoms with Crippen LogP contribution in [0, 0.1) is 19.7 Å². The van der Waals surface area contributed by atoms with Gasteiger partial charge in [0.05, 0.1) is 16.6 Å². The van der Waals surface area contributed by atoms with Crippen LogP contribution in [0.4, 0.5) is 10.1 Å². The zero-order valence-corrected chi connectivity index (χ0v) is 18.5. The lowest BCUT2D eigenvalue weighted by Gasteiger charge is -2.25. The molecule has 3 rings (SSSR count). The van der Waals surface area contributed by atoms with Crippen LogP contribution in [0.5, 0.6) is 0 Å². The third-order valence-electron chi connectivity index (χ3n) is 4.97. The maximum absolute atomic E-state index is 13.3. The van der Waals surface area contributed by atoms with Gasteiger partial charge in [0.2, 0.25) is 5.91 Å². The molecule has 0 fully saturated rings. The maximum atomic E-state index is 13.3. The lowest BCUT2D eigenvalue weighted by molar-refractivity contribution is -0.120. The summed E-state index contributed by atoms with van der Waals surface area (Å²) in [7, 11) is -4.08. The van der Waals surface area contributed by atoms with E-state index in [4.69, 9.17) is 0 Å². The average molecular weight is 441 g/mol. The molecule has 1 N–H and O–H groups in total. The lowest BCUT2D eigenvalue weighted by atomic mass is 10.1. The van der Waals surface area contributed by atoms with E-state index in [-0.39, 0.29) is 10.9 Å². The second kappa shape index (κ2) is 9.31. The highest BCUT2D eigenvalue weighted by Crippen LogP contribution is 2.24. The summed E-state index contributed by atoms with van der Waals surface area (Å²) in [6.45, 7) is 5.30. The topological polar surface area (TPSA) is 66.5 Å². The van der Waals surface area contributed by atoms with Crippen LogP contribution in [0.1, 0.15) is 29.7 Å². The van der Waals surface area contributed by atoms with Gasteiger partial charge in [0.25, 0.3) is 10.0 Å². The first kappa shape index (κ1) is 22.5. The molecule has 0 saturated carbocycles. The molecule has 1 amide bonds. The van der Waals surface area contributed by atoms with Crippen LogP contribution in [0.15, 0.2) is 77.7 Å². The van der Waals surface area contributed by atoms with Gasteiger partial charge in [0.1, 0.15) is 12.4 Å². The van der Waals surface area contributed by atoms with Gasteiger partial charge in [0.15, 0.2) is 0 Å². The minimum atomic E-state index is -4.08. The highest BCUT2D eigenvalue weighted by atomic mass is 32.2. The minimum absolute atomic E-state index is 0.0890. The fourth-order valence-corrected chi connectivity index (χ4v) is 4.54. The van der Waals surface area contributed by atoms with Crippen LogP contribution in [-0.4, -0.2) is 20.9 Å². The molecule has 0 unspecified atom stereocenters. The molecule has 0 spiro atoms. The van der Waals surface area contributed by atoms with E-state index in [0.717, 1.165) is 33.1 Å². The van der Waals surface area contributed by atoms with E-state index >= 15 is 0 Å². The van der Waals surface area contributed by atoms with Gasteiger partial charge >= 0.3 is 0 Å². The Morgan fingerprint density at radius 2 is 1.42 bits per heavy atom. The van der Waals surface area contributed by atoms with E-state index in [1.165, 1.54) is 12.1 Å². The van der Waals surface area contributed by atoms with Gasteiger partial charge < -0.3 is 5.32 Å². The summed E-state index contributed by atoms with van der Waals surface area (Å²) in [4.78, 5) is 12.7. The van der Waals surface area contributed by atoms with Crippen LogP contribution < -0.4 is 9.62 Å². The predicted molar refractivity (Wildman–Crippen MR) is 120 cm³/mol. The zero-order valence-electron chi connectivity index (χ0n) is 17.7. The molecule has 0 heterocycles. The lowest BCUT2D eigenvalue weighted by Crippen LogP contribution is -2.41. The molecule has 0 saturated heterocycles. The number of benzene rings is 3. The van der Waals surface area contributed by atoms with Gasteiger partial charge in [0, 0.05) is 0 Å². The highest BCUT2D eigenvalue weighted by Gasteiger charge is 2.27. The first-order chi connectivity index (χ1) is 14.7. The molecule has 31 heavy (non-hydrogen) atoms. The number of anilines is 1. The normalized spacial score (nSPS) is 12.3. The Morgan fingerprint density at radius 3 is 1.97 bits per heavy atom. The van der Waals surface area contributed by atoms with Crippen molar-refractivity contribution in [2.24, 2.45) is 0 Å². The van der Waals surface area contributed by atoms with Crippen molar-refractivity contribution in [1.82, 2.24) is 5.32 Å². The number of aryl methyl sites for hydroxylation is 2. The molecule has 7 heteroatoms. The van der Waals surface area contributed by atoms with Gasteiger partial charge in [-0.15, -0.1) is 0 Å². The fraction of sp³-hybridized carbons (Fsp3) is 0.208. The van der Waals surface area contributed by atoms with E-state index in [0.29, 0.717) is 5.69 Å². The molecular formula is C24H25FN2O3S. The Morgan fingerprint density at radius 1 is 0.903 bits per heavy atom. The molecule has 0 aliphatic carbocycles. The number of carbonyl (C=O) groups excluding carboxylic acids is 1. The number of carbonyl (C=O) groups is 1. The van der Waals surface area contributed by atoms with Crippen molar-refractivity contribution in [3.63, 3.8) is 0 Å². The largest absolute Gasteiger partial charge is 0.348 e. The van der Waals surface area contributed by atoms with Crippen molar-refractivity contribution in [3.8, 4) is 0 Å². The Kier molecular flexibility index (Phi) is 6.75. The van der Waals surface area contributed by atoms with Crippen molar-refractivity contribution in [2.45, 2.75) is 31.7 Å². The van der Waals surface area contributed by atoms with Crippen LogP contribution in [0.25, 0.3) is 0 Å². The van der Waals surface area contributed by atoms with Crippen LogP contribution in [-0.2, 0) is 14.8 Å². The average Bonchev–Trinajstić information content (AvgIpc) is 2.73. The van der Waals surface area contributed by atoms with E-state index in [9.17, 15) is 17.6 Å². The third-order valence-corrected chi connectivity index (χ3v) is 6.75. The highest BCUT2D eigenvalue weighted by molar-refractivity contribution is 7.92. The number of nitrogens with zero attached hydrogens (tertiary/aromatic N) is 1. The van der Waals surface area contributed by atoms with Gasteiger partial charge in [-0.2, -0.15) is 0 Å². The number of sulfonamides is 1. The van der Waals surface area contributed by atoms with Crippen molar-refractivity contribution >= 4 is 21.6 Å². The summed E-state index contributed by atoms with van der Waals surface area (Å²) < 4.78 is 40.9. The Hall–Kier alpha value is -3.19. The fourth-order valence-electron chi connectivity index (χ4n) is 3.12. The van der Waals surface area contributed by atoms with Crippen LogP contribution >= 0.6 is 0 Å². The predicted octanol–water partition coefficient (Wildman–Crippen LogP) is 4.52. The van der Waals surface area contributed by atoms with E-state index in [2.05, 4.69) is 5.32 Å². The molecule has 162 valence electrons. The SMILES string of the molecule is Cc1ccc([C@@H](C)NC(=O)CN(c2ccc(C)cc2)S(=O)(=O)c2ccc(F)cc2)cc1. The van der Waals surface area contributed by atoms with E-state index in [1.807, 2.05) is 45.0 Å². The van der Waals surface area contributed by atoms with Gasteiger partial charge in [-0.1, -0.05) is 47.5 Å². The van der Waals surface area contributed by atoms with Crippen LogP contribution in [0.3, 0.4) is 0 Å². The molecule has 3 aromatic carbocycles. The Balaban J connectivity index is 1.87. The zero-order chi connectivity index (χ0) is 22.6. The number of amides is 1. The van der Waals surface area contributed by atoms with Gasteiger partial charge in [-0.25, -0.2) is 12.8 Å². The maximum Gasteiger partial charge on any atom is 0.264 e. The summed E-state index contributed by atoms with van der Waals surface area (Å²) in [5, 5.41) is 2.85. The summed E-state index contributed by atoms with van der Waals surface area (Å²) in [6.07, 6.45) is 0. The standard InChI is InChI=1S/C24H25FN2O3S/c1-17-4-8-20(9-5-17)19(3)26-24(28)16-27(22-12-6-18(2)7-13-22)31(29,30)23-14-10-21(25)11-15-23/h4-15,19H,16H2,1-3H3,(H,26,28)/t19-/m1/s1. The summed E-state index contributed by atoms with van der Waals surface area (Å²) in [6, 6.07) is 18.9. The van der Waals surface area contributed by atoms with Gasteiger partial charge in [-0.05, 0) is 62.7 Å². The summed E-state index contributed by atoms with van der Waals surface area (Å²) >= 11 is 0. The number of nitrogens with one attached hydrogen (secondary N) is 1. The number of hydrogen-bond donors (Lipinski definition) is 1. The molecule has 0 aliphatic heterocycles. The van der Waals surface area contributed by atoms with Crippen molar-refractivity contribution < 1.29 is 17.6 Å². The number of halogens is 1. The van der Waals surface area contributed by atoms with Gasteiger partial charge in [-0.3, -0.25) is 9.10 Å². The molecular weight excluding hydrogens is 415 g/mol. The van der Waals surface area contributed by atoms with Crippen LogP contribution in [0.2, 0.25) is 0 Å². The number of hydrogen-bond acceptors (Lipinski definition) is 3. The monoisotopic (exact) mass is 440 g/mol. The molecule has 0 aliphatic rings. The Bertz CT molecular complexity index is 1140.